The van der Waals surface area contributed by atoms with Crippen molar-refractivity contribution in [3.8, 4) is 0 Å². The molecule has 5 heteroatoms. The Kier molecular flexibility index (Phi) is 5.56. The zero-order chi connectivity index (χ0) is 12.9. The molecule has 0 radical (unpaired) electrons. The molecule has 92 valence electrons. The summed E-state index contributed by atoms with van der Waals surface area (Å²) in [7, 11) is 1.49. The van der Waals surface area contributed by atoms with E-state index < -0.39 is 12.0 Å². The van der Waals surface area contributed by atoms with Gasteiger partial charge in [-0.2, -0.15) is 0 Å². The van der Waals surface area contributed by atoms with Gasteiger partial charge in [-0.1, -0.05) is 12.2 Å². The van der Waals surface area contributed by atoms with Crippen LogP contribution in [0.1, 0.15) is 20.8 Å². The lowest BCUT2D eigenvalue weighted by Crippen LogP contribution is -2.48. The summed E-state index contributed by atoms with van der Waals surface area (Å²) in [6, 6.07) is -1.12. The summed E-state index contributed by atoms with van der Waals surface area (Å²) in [5.74, 6) is -1.01. The first-order chi connectivity index (χ1) is 7.31. The third-order valence-corrected chi connectivity index (χ3v) is 2.35. The Bertz CT molecular complexity index is 285. The van der Waals surface area contributed by atoms with Crippen LogP contribution in [0.3, 0.4) is 0 Å². The molecule has 16 heavy (non-hydrogen) atoms. The Balaban J connectivity index is 4.61. The van der Waals surface area contributed by atoms with Gasteiger partial charge in [0.1, 0.15) is 6.04 Å². The van der Waals surface area contributed by atoms with Gasteiger partial charge in [0.05, 0.1) is 0 Å². The molecule has 0 fully saturated rings. The van der Waals surface area contributed by atoms with Gasteiger partial charge >= 0.3 is 12.0 Å². The SMILES string of the molecule is C=C(C)CN(CC)C(=O)N(C)C(C)C(=O)O. The van der Waals surface area contributed by atoms with E-state index in [4.69, 9.17) is 5.11 Å². The van der Waals surface area contributed by atoms with E-state index in [0.717, 1.165) is 5.57 Å². The highest BCUT2D eigenvalue weighted by Gasteiger charge is 2.24. The molecule has 0 rings (SSSR count). The first-order valence-electron chi connectivity index (χ1n) is 5.20. The van der Waals surface area contributed by atoms with Crippen molar-refractivity contribution in [1.82, 2.24) is 9.80 Å². The molecule has 0 aromatic rings. The summed E-state index contributed by atoms with van der Waals surface area (Å²) in [6.45, 7) is 9.87. The number of aliphatic carboxylic acids is 1. The van der Waals surface area contributed by atoms with Crippen molar-refractivity contribution in [2.45, 2.75) is 26.8 Å². The largest absolute Gasteiger partial charge is 0.480 e. The Morgan fingerprint density at radius 1 is 1.44 bits per heavy atom. The van der Waals surface area contributed by atoms with E-state index in [0.29, 0.717) is 13.1 Å². The Morgan fingerprint density at radius 3 is 2.25 bits per heavy atom. The van der Waals surface area contributed by atoms with Crippen LogP contribution in [0.4, 0.5) is 4.79 Å². The van der Waals surface area contributed by atoms with Crippen molar-refractivity contribution < 1.29 is 14.7 Å². The van der Waals surface area contributed by atoms with E-state index in [1.54, 1.807) is 4.90 Å². The van der Waals surface area contributed by atoms with Crippen molar-refractivity contribution in [2.24, 2.45) is 0 Å². The number of carbonyl (C=O) groups is 2. The van der Waals surface area contributed by atoms with Gasteiger partial charge in [0, 0.05) is 20.1 Å². The highest BCUT2D eigenvalue weighted by Crippen LogP contribution is 2.04. The zero-order valence-corrected chi connectivity index (χ0v) is 10.4. The second kappa shape index (κ2) is 6.15. The summed E-state index contributed by atoms with van der Waals surface area (Å²) in [5, 5.41) is 8.81. The molecule has 0 saturated carbocycles. The predicted octanol–water partition coefficient (Wildman–Crippen LogP) is 1.41. The minimum absolute atomic E-state index is 0.291. The monoisotopic (exact) mass is 228 g/mol. The number of carbonyl (C=O) groups excluding carboxylic acids is 1. The van der Waals surface area contributed by atoms with E-state index in [9.17, 15) is 9.59 Å². The average molecular weight is 228 g/mol. The molecule has 1 unspecified atom stereocenters. The van der Waals surface area contributed by atoms with E-state index in [-0.39, 0.29) is 6.03 Å². The van der Waals surface area contributed by atoms with Gasteiger partial charge < -0.3 is 14.9 Å². The van der Waals surface area contributed by atoms with E-state index in [1.165, 1.54) is 18.9 Å². The maximum absolute atomic E-state index is 11.9. The van der Waals surface area contributed by atoms with E-state index in [1.807, 2.05) is 13.8 Å². The van der Waals surface area contributed by atoms with Crippen molar-refractivity contribution in [3.63, 3.8) is 0 Å². The van der Waals surface area contributed by atoms with Crippen LogP contribution in [0, 0.1) is 0 Å². The van der Waals surface area contributed by atoms with Crippen molar-refractivity contribution in [1.29, 1.82) is 0 Å². The van der Waals surface area contributed by atoms with Crippen LogP contribution in [-0.2, 0) is 4.79 Å². The first kappa shape index (κ1) is 14.5. The predicted molar refractivity (Wildman–Crippen MR) is 62.3 cm³/mol. The second-order valence-electron chi connectivity index (χ2n) is 3.88. The quantitative estimate of drug-likeness (QED) is 0.724. The Hall–Kier alpha value is -1.52. The van der Waals surface area contributed by atoms with Crippen LogP contribution < -0.4 is 0 Å². The highest BCUT2D eigenvalue weighted by atomic mass is 16.4. The van der Waals surface area contributed by atoms with Gasteiger partial charge in [0.15, 0.2) is 0 Å². The van der Waals surface area contributed by atoms with Gasteiger partial charge in [-0.05, 0) is 20.8 Å². The van der Waals surface area contributed by atoms with Crippen LogP contribution in [0.2, 0.25) is 0 Å². The van der Waals surface area contributed by atoms with Gasteiger partial charge in [0.25, 0.3) is 0 Å². The first-order valence-corrected chi connectivity index (χ1v) is 5.20. The number of likely N-dealkylation sites (N-methyl/N-ethyl adjacent to an activating group) is 2. The summed E-state index contributed by atoms with van der Waals surface area (Å²) in [6.07, 6.45) is 0. The number of hydrogen-bond acceptors (Lipinski definition) is 2. The van der Waals surface area contributed by atoms with Gasteiger partial charge in [-0.25, -0.2) is 9.59 Å². The maximum atomic E-state index is 11.9. The number of amides is 2. The number of carboxylic acids is 1. The van der Waals surface area contributed by atoms with Gasteiger partial charge in [-0.15, -0.1) is 0 Å². The lowest BCUT2D eigenvalue weighted by Gasteiger charge is -2.29. The Labute approximate surface area is 96.3 Å². The molecule has 0 aromatic carbocycles. The molecule has 2 amide bonds. The van der Waals surface area contributed by atoms with Gasteiger partial charge in [0.2, 0.25) is 0 Å². The smallest absolute Gasteiger partial charge is 0.326 e. The standard InChI is InChI=1S/C11H20N2O3/c1-6-13(7-8(2)3)11(16)12(5)9(4)10(14)15/h9H,2,6-7H2,1,3-5H3,(H,14,15). The van der Waals surface area contributed by atoms with Crippen LogP contribution in [-0.4, -0.2) is 53.1 Å². The van der Waals surface area contributed by atoms with Crippen LogP contribution >= 0.6 is 0 Å². The fourth-order valence-corrected chi connectivity index (χ4v) is 1.19. The number of hydrogen-bond donors (Lipinski definition) is 1. The van der Waals surface area contributed by atoms with Crippen molar-refractivity contribution >= 4 is 12.0 Å². The zero-order valence-electron chi connectivity index (χ0n) is 10.4. The maximum Gasteiger partial charge on any atom is 0.326 e. The molecule has 1 atom stereocenters. The molecule has 0 aliphatic carbocycles. The molecular weight excluding hydrogens is 208 g/mol. The van der Waals surface area contributed by atoms with E-state index >= 15 is 0 Å². The molecule has 0 bridgehead atoms. The topological polar surface area (TPSA) is 60.9 Å². The third kappa shape index (κ3) is 3.92. The molecule has 1 N–H and O–H groups in total. The Morgan fingerprint density at radius 2 is 1.94 bits per heavy atom. The molecule has 0 spiro atoms. The molecule has 0 aliphatic rings. The third-order valence-electron chi connectivity index (χ3n) is 2.35. The summed E-state index contributed by atoms with van der Waals surface area (Å²) in [4.78, 5) is 25.4. The number of carboxylic acid groups (broad SMARTS) is 1. The lowest BCUT2D eigenvalue weighted by atomic mass is 10.3. The number of rotatable bonds is 5. The van der Waals surface area contributed by atoms with Crippen molar-refractivity contribution in [3.05, 3.63) is 12.2 Å². The van der Waals surface area contributed by atoms with E-state index in [2.05, 4.69) is 6.58 Å². The summed E-state index contributed by atoms with van der Waals surface area (Å²) < 4.78 is 0. The van der Waals surface area contributed by atoms with Crippen LogP contribution in [0.5, 0.6) is 0 Å². The molecule has 5 nitrogen and oxygen atoms in total. The minimum Gasteiger partial charge on any atom is -0.480 e. The minimum atomic E-state index is -1.01. The molecular formula is C11H20N2O3. The molecule has 0 aromatic heterocycles. The van der Waals surface area contributed by atoms with Crippen LogP contribution in [0.15, 0.2) is 12.2 Å². The summed E-state index contributed by atoms with van der Waals surface area (Å²) >= 11 is 0. The fraction of sp³-hybridized carbons (Fsp3) is 0.636. The number of nitrogens with zero attached hydrogens (tertiary/aromatic N) is 2. The highest BCUT2D eigenvalue weighted by molar-refractivity contribution is 5.82. The molecule has 0 heterocycles. The lowest BCUT2D eigenvalue weighted by molar-refractivity contribution is -0.141. The normalized spacial score (nSPS) is 11.8. The van der Waals surface area contributed by atoms with Crippen LogP contribution in [0.25, 0.3) is 0 Å². The summed E-state index contributed by atoms with van der Waals surface area (Å²) in [5.41, 5.74) is 0.867. The molecule has 0 aliphatic heterocycles. The average Bonchev–Trinajstić information content (AvgIpc) is 2.22. The fourth-order valence-electron chi connectivity index (χ4n) is 1.19. The molecule has 0 saturated heterocycles. The second-order valence-corrected chi connectivity index (χ2v) is 3.88. The van der Waals surface area contributed by atoms with Gasteiger partial charge in [-0.3, -0.25) is 0 Å². The number of urea groups is 1. The van der Waals surface area contributed by atoms with Crippen molar-refractivity contribution in [2.75, 3.05) is 20.1 Å².